The number of likely N-dealkylation sites (N-methyl/N-ethyl adjacent to an activating group) is 1. The van der Waals surface area contributed by atoms with Gasteiger partial charge in [-0.25, -0.2) is 38.1 Å². The van der Waals surface area contributed by atoms with Crippen molar-refractivity contribution in [2.45, 2.75) is 37.5 Å². The molecular formula is C21H19F5N8O2. The van der Waals surface area contributed by atoms with Crippen molar-refractivity contribution in [3.63, 3.8) is 0 Å². The third kappa shape index (κ3) is 3.78. The van der Waals surface area contributed by atoms with Crippen LogP contribution in [0.25, 0.3) is 11.2 Å². The number of rotatable bonds is 4. The van der Waals surface area contributed by atoms with Crippen LogP contribution < -0.4 is 9.80 Å². The normalized spacial score (nSPS) is 18.4. The quantitative estimate of drug-likeness (QED) is 0.393. The second-order valence-corrected chi connectivity index (χ2v) is 8.55. The van der Waals surface area contributed by atoms with Crippen LogP contribution in [0.5, 0.6) is 0 Å². The zero-order valence-electron chi connectivity index (χ0n) is 18.8. The highest BCUT2D eigenvalue weighted by Gasteiger charge is 2.57. The Morgan fingerprint density at radius 3 is 2.39 bits per heavy atom. The number of urea groups is 1. The Labute approximate surface area is 200 Å². The van der Waals surface area contributed by atoms with Gasteiger partial charge in [-0.1, -0.05) is 0 Å². The fourth-order valence-electron chi connectivity index (χ4n) is 4.60. The van der Waals surface area contributed by atoms with Gasteiger partial charge in [-0.3, -0.25) is 4.79 Å². The standard InChI is InChI=1S/C21H19F5N8O2/c1-31-19(36)34(12-2-3-14(28-8-12)21(24,25)26)18(35)20(31)4-6-32(7-5-20)16-10-27-13-9-29-33(11-15(22)23)17(13)30-16/h2-3,8-10,15H,4-7,11H2,1H3. The fourth-order valence-corrected chi connectivity index (χ4v) is 4.60. The molecule has 0 aliphatic carbocycles. The average Bonchev–Trinajstić information content (AvgIpc) is 3.31. The number of alkyl halides is 5. The molecule has 0 aromatic carbocycles. The van der Waals surface area contributed by atoms with Gasteiger partial charge in [0.25, 0.3) is 12.3 Å². The Morgan fingerprint density at radius 1 is 1.06 bits per heavy atom. The number of hydrogen-bond acceptors (Lipinski definition) is 7. The van der Waals surface area contributed by atoms with Crippen LogP contribution in [0.1, 0.15) is 18.5 Å². The van der Waals surface area contributed by atoms with Crippen LogP contribution in [-0.2, 0) is 17.5 Å². The first-order valence-electron chi connectivity index (χ1n) is 10.9. The van der Waals surface area contributed by atoms with Gasteiger partial charge in [0.1, 0.15) is 29.1 Å². The van der Waals surface area contributed by atoms with E-state index >= 15 is 0 Å². The highest BCUT2D eigenvalue weighted by molar-refractivity contribution is 6.23. The number of fused-ring (bicyclic) bond motifs is 1. The summed E-state index contributed by atoms with van der Waals surface area (Å²) in [5, 5.41) is 3.90. The monoisotopic (exact) mass is 510 g/mol. The Hall–Kier alpha value is -3.91. The van der Waals surface area contributed by atoms with Crippen LogP contribution >= 0.6 is 0 Å². The van der Waals surface area contributed by atoms with Gasteiger partial charge in [0.2, 0.25) is 0 Å². The molecule has 0 radical (unpaired) electrons. The predicted molar refractivity (Wildman–Crippen MR) is 115 cm³/mol. The number of amides is 3. The third-order valence-corrected chi connectivity index (χ3v) is 6.58. The van der Waals surface area contributed by atoms with E-state index in [-0.39, 0.29) is 24.2 Å². The smallest absolute Gasteiger partial charge is 0.355 e. The van der Waals surface area contributed by atoms with Crippen molar-refractivity contribution in [1.29, 1.82) is 0 Å². The SMILES string of the molecule is CN1C(=O)N(c2ccc(C(F)(F)F)nc2)C(=O)C12CCN(c1cnc3cnn(CC(F)F)c3n1)CC2. The number of anilines is 2. The Bertz CT molecular complexity index is 1320. The molecule has 0 N–H and O–H groups in total. The van der Waals surface area contributed by atoms with Gasteiger partial charge in [0.05, 0.1) is 24.3 Å². The van der Waals surface area contributed by atoms with Crippen LogP contribution in [0.4, 0.5) is 38.3 Å². The number of piperidine rings is 1. The molecule has 2 fully saturated rings. The van der Waals surface area contributed by atoms with E-state index in [1.807, 2.05) is 4.90 Å². The van der Waals surface area contributed by atoms with E-state index in [0.29, 0.717) is 24.4 Å². The molecule has 190 valence electrons. The van der Waals surface area contributed by atoms with E-state index in [4.69, 9.17) is 0 Å². The first-order chi connectivity index (χ1) is 17.0. The van der Waals surface area contributed by atoms with E-state index < -0.39 is 42.3 Å². The summed E-state index contributed by atoms with van der Waals surface area (Å²) in [5.41, 5.74) is -1.80. The minimum Gasteiger partial charge on any atom is -0.355 e. The molecule has 0 saturated carbocycles. The van der Waals surface area contributed by atoms with Gasteiger partial charge in [-0.05, 0) is 25.0 Å². The Morgan fingerprint density at radius 2 is 1.78 bits per heavy atom. The topological polar surface area (TPSA) is 100 Å². The number of hydrogen-bond donors (Lipinski definition) is 0. The van der Waals surface area contributed by atoms with Crippen molar-refractivity contribution in [2.75, 3.05) is 29.9 Å². The van der Waals surface area contributed by atoms with Gasteiger partial charge >= 0.3 is 12.2 Å². The van der Waals surface area contributed by atoms with Crippen molar-refractivity contribution >= 4 is 34.6 Å². The molecule has 0 atom stereocenters. The van der Waals surface area contributed by atoms with Crippen LogP contribution in [0, 0.1) is 0 Å². The molecule has 15 heteroatoms. The summed E-state index contributed by atoms with van der Waals surface area (Å²) >= 11 is 0. The van der Waals surface area contributed by atoms with Crippen molar-refractivity contribution in [1.82, 2.24) is 29.6 Å². The van der Waals surface area contributed by atoms with Gasteiger partial charge in [-0.15, -0.1) is 0 Å². The summed E-state index contributed by atoms with van der Waals surface area (Å²) in [4.78, 5) is 42.3. The Kier molecular flexibility index (Phi) is 5.52. The summed E-state index contributed by atoms with van der Waals surface area (Å²) < 4.78 is 65.3. The number of aromatic nitrogens is 5. The maximum atomic E-state index is 13.4. The lowest BCUT2D eigenvalue weighted by atomic mass is 9.86. The fraction of sp³-hybridized carbons (Fsp3) is 0.429. The van der Waals surface area contributed by atoms with Crippen LogP contribution in [0.2, 0.25) is 0 Å². The van der Waals surface area contributed by atoms with Crippen molar-refractivity contribution in [2.24, 2.45) is 0 Å². The maximum Gasteiger partial charge on any atom is 0.433 e. The van der Waals surface area contributed by atoms with E-state index in [9.17, 15) is 31.5 Å². The van der Waals surface area contributed by atoms with Crippen LogP contribution in [0.3, 0.4) is 0 Å². The molecule has 2 aliphatic rings. The molecule has 3 aromatic heterocycles. The molecule has 3 amide bonds. The molecule has 3 aromatic rings. The first-order valence-corrected chi connectivity index (χ1v) is 10.9. The zero-order chi connectivity index (χ0) is 25.8. The van der Waals surface area contributed by atoms with E-state index in [1.54, 1.807) is 0 Å². The van der Waals surface area contributed by atoms with Gasteiger partial charge in [0, 0.05) is 20.1 Å². The summed E-state index contributed by atoms with van der Waals surface area (Å²) in [5.74, 6) is -0.135. The highest BCUT2D eigenvalue weighted by Crippen LogP contribution is 2.39. The van der Waals surface area contributed by atoms with Crippen LogP contribution in [-0.4, -0.2) is 73.7 Å². The average molecular weight is 510 g/mol. The largest absolute Gasteiger partial charge is 0.433 e. The van der Waals surface area contributed by atoms with Crippen molar-refractivity contribution in [3.8, 4) is 0 Å². The molecule has 0 unspecified atom stereocenters. The van der Waals surface area contributed by atoms with E-state index in [2.05, 4.69) is 20.1 Å². The number of imide groups is 1. The second kappa shape index (κ2) is 8.34. The molecule has 10 nitrogen and oxygen atoms in total. The minimum absolute atomic E-state index is 0.0484. The lowest BCUT2D eigenvalue weighted by Crippen LogP contribution is -2.55. The van der Waals surface area contributed by atoms with E-state index in [1.165, 1.54) is 24.3 Å². The summed E-state index contributed by atoms with van der Waals surface area (Å²) in [6, 6.07) is 1.10. The Balaban J connectivity index is 1.36. The minimum atomic E-state index is -4.65. The first kappa shape index (κ1) is 23.8. The number of carbonyl (C=O) groups excluding carboxylic acids is 2. The molecule has 5 heterocycles. The molecule has 2 aliphatic heterocycles. The molecule has 0 bridgehead atoms. The second-order valence-electron chi connectivity index (χ2n) is 8.55. The molecule has 5 rings (SSSR count). The zero-order valence-corrected chi connectivity index (χ0v) is 18.8. The summed E-state index contributed by atoms with van der Waals surface area (Å²) in [6.45, 7) is -0.0297. The highest BCUT2D eigenvalue weighted by atomic mass is 19.4. The molecule has 1 spiro atoms. The van der Waals surface area contributed by atoms with Crippen molar-refractivity contribution in [3.05, 3.63) is 36.4 Å². The maximum absolute atomic E-state index is 13.4. The lowest BCUT2D eigenvalue weighted by Gasteiger charge is -2.41. The predicted octanol–water partition coefficient (Wildman–Crippen LogP) is 2.94. The summed E-state index contributed by atoms with van der Waals surface area (Å²) in [7, 11) is 1.47. The van der Waals surface area contributed by atoms with Gasteiger partial charge < -0.3 is 9.80 Å². The van der Waals surface area contributed by atoms with Gasteiger partial charge in [-0.2, -0.15) is 18.3 Å². The third-order valence-electron chi connectivity index (χ3n) is 6.58. The number of halogens is 5. The molecular weight excluding hydrogens is 491 g/mol. The number of carbonyl (C=O) groups is 2. The van der Waals surface area contributed by atoms with Gasteiger partial charge in [0.15, 0.2) is 5.65 Å². The van der Waals surface area contributed by atoms with Crippen LogP contribution in [0.15, 0.2) is 30.7 Å². The van der Waals surface area contributed by atoms with E-state index in [0.717, 1.165) is 27.9 Å². The number of pyridine rings is 1. The lowest BCUT2D eigenvalue weighted by molar-refractivity contribution is -0.141. The number of nitrogens with zero attached hydrogens (tertiary/aromatic N) is 8. The molecule has 36 heavy (non-hydrogen) atoms. The summed E-state index contributed by atoms with van der Waals surface area (Å²) in [6.07, 6.45) is -3.14. The van der Waals surface area contributed by atoms with Crippen molar-refractivity contribution < 1.29 is 31.5 Å². The molecule has 2 saturated heterocycles.